The molecule has 0 saturated carbocycles. The van der Waals surface area contributed by atoms with Crippen LogP contribution in [0.5, 0.6) is 0 Å². The summed E-state index contributed by atoms with van der Waals surface area (Å²) in [6.07, 6.45) is -4.46. The normalized spacial score (nSPS) is 11.8. The number of carbonyl (C=O) groups is 1. The van der Waals surface area contributed by atoms with Gasteiger partial charge in [-0.15, -0.1) is 0 Å². The first-order chi connectivity index (χ1) is 7.95. The second-order valence-corrected chi connectivity index (χ2v) is 3.25. The summed E-state index contributed by atoms with van der Waals surface area (Å²) >= 11 is 0. The highest BCUT2D eigenvalue weighted by Gasteiger charge is 2.37. The first-order valence-electron chi connectivity index (χ1n) is 4.57. The van der Waals surface area contributed by atoms with Crippen LogP contribution in [0.3, 0.4) is 0 Å². The first-order valence-corrected chi connectivity index (χ1v) is 4.57. The van der Waals surface area contributed by atoms with Crippen molar-refractivity contribution >= 4 is 17.1 Å². The van der Waals surface area contributed by atoms with E-state index in [0.717, 1.165) is 13.2 Å². The number of carbonyl (C=O) groups excluding carboxylic acids is 1. The van der Waals surface area contributed by atoms with E-state index in [0.29, 0.717) is 4.57 Å². The van der Waals surface area contributed by atoms with E-state index in [1.54, 1.807) is 0 Å². The minimum absolute atomic E-state index is 0.0772. The van der Waals surface area contributed by atoms with E-state index in [1.807, 2.05) is 0 Å². The second kappa shape index (κ2) is 3.76. The number of rotatable bonds is 0. The van der Waals surface area contributed by atoms with Crippen LogP contribution < -0.4 is 0 Å². The summed E-state index contributed by atoms with van der Waals surface area (Å²) in [6, 6.07) is 3.79. The van der Waals surface area contributed by atoms with Gasteiger partial charge in [-0.25, -0.2) is 14.3 Å². The molecule has 0 aliphatic rings. The molecule has 0 atom stereocenters. The first kappa shape index (κ1) is 11.4. The third-order valence-electron chi connectivity index (χ3n) is 2.21. The molecule has 90 valence electrons. The number of pyridine rings is 1. The van der Waals surface area contributed by atoms with Crippen LogP contribution in [0.4, 0.5) is 18.0 Å². The average Bonchev–Trinajstić information content (AvgIpc) is 2.67. The van der Waals surface area contributed by atoms with Crippen LogP contribution >= 0.6 is 0 Å². The summed E-state index contributed by atoms with van der Waals surface area (Å²) in [4.78, 5) is 15.1. The molecule has 0 spiro atoms. The van der Waals surface area contributed by atoms with E-state index in [9.17, 15) is 18.0 Å². The zero-order valence-corrected chi connectivity index (χ0v) is 8.65. The lowest BCUT2D eigenvalue weighted by Gasteiger charge is -2.09. The van der Waals surface area contributed by atoms with Crippen LogP contribution in [-0.2, 0) is 10.9 Å². The summed E-state index contributed by atoms with van der Waals surface area (Å²) in [6.45, 7) is 0. The Morgan fingerprint density at radius 3 is 2.76 bits per heavy atom. The van der Waals surface area contributed by atoms with Gasteiger partial charge in [0, 0.05) is 11.6 Å². The van der Waals surface area contributed by atoms with Crippen molar-refractivity contribution in [3.8, 4) is 0 Å². The maximum absolute atomic E-state index is 12.7. The molecule has 0 amide bonds. The number of alkyl halides is 3. The Kier molecular flexibility index (Phi) is 2.53. The third-order valence-corrected chi connectivity index (χ3v) is 2.21. The maximum Gasteiger partial charge on any atom is 0.432 e. The fraction of sp³-hybridized carbons (Fsp3) is 0.200. The minimum Gasteiger partial charge on any atom is -0.452 e. The predicted molar refractivity (Wildman–Crippen MR) is 52.5 cm³/mol. The van der Waals surface area contributed by atoms with Gasteiger partial charge in [0.1, 0.15) is 11.3 Å². The van der Waals surface area contributed by atoms with E-state index < -0.39 is 18.0 Å². The largest absolute Gasteiger partial charge is 0.452 e. The Bertz CT molecular complexity index is 574. The number of ether oxygens (including phenoxy) is 1. The van der Waals surface area contributed by atoms with Crippen molar-refractivity contribution in [3.05, 3.63) is 30.1 Å². The van der Waals surface area contributed by atoms with Gasteiger partial charge in [0.25, 0.3) is 0 Å². The SMILES string of the molecule is COC(=O)n1c(C(F)(F)F)cc2cccnc21. The van der Waals surface area contributed by atoms with Crippen molar-refractivity contribution in [2.75, 3.05) is 7.11 Å². The van der Waals surface area contributed by atoms with Crippen molar-refractivity contribution < 1.29 is 22.7 Å². The van der Waals surface area contributed by atoms with Crippen molar-refractivity contribution in [3.63, 3.8) is 0 Å². The van der Waals surface area contributed by atoms with Crippen LogP contribution in [0, 0.1) is 0 Å². The molecule has 0 fully saturated rings. The molecule has 0 saturated heterocycles. The van der Waals surface area contributed by atoms with Crippen LogP contribution in [0.25, 0.3) is 11.0 Å². The molecule has 2 heterocycles. The molecule has 2 aromatic rings. The topological polar surface area (TPSA) is 44.1 Å². The number of methoxy groups -OCH3 is 1. The van der Waals surface area contributed by atoms with E-state index >= 15 is 0 Å². The zero-order chi connectivity index (χ0) is 12.6. The average molecular weight is 244 g/mol. The Balaban J connectivity index is 2.79. The molecule has 2 rings (SSSR count). The third kappa shape index (κ3) is 1.83. The predicted octanol–water partition coefficient (Wildman–Crippen LogP) is 2.67. The quantitative estimate of drug-likeness (QED) is 0.715. The number of aromatic nitrogens is 2. The molecule has 0 aliphatic carbocycles. The smallest absolute Gasteiger partial charge is 0.432 e. The van der Waals surface area contributed by atoms with Gasteiger partial charge in [0.2, 0.25) is 0 Å². The number of nitrogens with zero attached hydrogens (tertiary/aromatic N) is 2. The van der Waals surface area contributed by atoms with Gasteiger partial charge < -0.3 is 4.74 Å². The van der Waals surface area contributed by atoms with E-state index in [4.69, 9.17) is 0 Å². The number of fused-ring (bicyclic) bond motifs is 1. The van der Waals surface area contributed by atoms with E-state index in [-0.39, 0.29) is 11.0 Å². The lowest BCUT2D eigenvalue weighted by molar-refractivity contribution is -0.142. The van der Waals surface area contributed by atoms with Gasteiger partial charge in [-0.05, 0) is 18.2 Å². The molecule has 0 radical (unpaired) electrons. The minimum atomic E-state index is -4.64. The Hall–Kier alpha value is -2.05. The fourth-order valence-electron chi connectivity index (χ4n) is 1.52. The lowest BCUT2D eigenvalue weighted by Crippen LogP contribution is -2.20. The Morgan fingerprint density at radius 1 is 1.47 bits per heavy atom. The second-order valence-electron chi connectivity index (χ2n) is 3.25. The molecular weight excluding hydrogens is 237 g/mol. The van der Waals surface area contributed by atoms with Crippen molar-refractivity contribution in [2.45, 2.75) is 6.18 Å². The van der Waals surface area contributed by atoms with Crippen LogP contribution in [0.2, 0.25) is 0 Å². The molecule has 17 heavy (non-hydrogen) atoms. The summed E-state index contributed by atoms with van der Waals surface area (Å²) < 4.78 is 42.9. The summed E-state index contributed by atoms with van der Waals surface area (Å²) in [5, 5.41) is 0.227. The fourth-order valence-corrected chi connectivity index (χ4v) is 1.52. The molecule has 0 N–H and O–H groups in total. The van der Waals surface area contributed by atoms with Gasteiger partial charge in [-0.3, -0.25) is 0 Å². The van der Waals surface area contributed by atoms with Gasteiger partial charge in [-0.2, -0.15) is 13.2 Å². The van der Waals surface area contributed by atoms with Crippen molar-refractivity contribution in [1.29, 1.82) is 0 Å². The molecular formula is C10H7F3N2O2. The Morgan fingerprint density at radius 2 is 2.18 bits per heavy atom. The maximum atomic E-state index is 12.7. The Labute approximate surface area is 93.6 Å². The van der Waals surface area contributed by atoms with Gasteiger partial charge >= 0.3 is 12.3 Å². The van der Waals surface area contributed by atoms with Gasteiger partial charge in [-0.1, -0.05) is 0 Å². The monoisotopic (exact) mass is 244 g/mol. The molecule has 0 unspecified atom stereocenters. The van der Waals surface area contributed by atoms with E-state index in [2.05, 4.69) is 9.72 Å². The lowest BCUT2D eigenvalue weighted by atomic mass is 10.3. The molecule has 0 aromatic carbocycles. The summed E-state index contributed by atoms with van der Waals surface area (Å²) in [5.41, 5.74) is -1.18. The van der Waals surface area contributed by atoms with Crippen LogP contribution in [0.1, 0.15) is 5.69 Å². The van der Waals surface area contributed by atoms with E-state index in [1.165, 1.54) is 18.3 Å². The molecule has 2 aromatic heterocycles. The molecule has 4 nitrogen and oxygen atoms in total. The van der Waals surface area contributed by atoms with Crippen molar-refractivity contribution in [2.24, 2.45) is 0 Å². The highest BCUT2D eigenvalue weighted by atomic mass is 19.4. The molecule has 7 heteroatoms. The zero-order valence-electron chi connectivity index (χ0n) is 8.65. The van der Waals surface area contributed by atoms with Gasteiger partial charge in [0.05, 0.1) is 7.11 Å². The van der Waals surface area contributed by atoms with Gasteiger partial charge in [0.15, 0.2) is 0 Å². The number of halogens is 3. The van der Waals surface area contributed by atoms with Crippen molar-refractivity contribution in [1.82, 2.24) is 9.55 Å². The standard InChI is InChI=1S/C10H7F3N2O2/c1-17-9(16)15-7(10(11,12)13)5-6-3-2-4-14-8(6)15/h2-5H,1H3. The number of hydrogen-bond donors (Lipinski definition) is 0. The highest BCUT2D eigenvalue weighted by molar-refractivity contribution is 5.88. The summed E-state index contributed by atoms with van der Waals surface area (Å²) in [7, 11) is 1.01. The van der Waals surface area contributed by atoms with Crippen LogP contribution in [-0.4, -0.2) is 22.8 Å². The number of hydrogen-bond acceptors (Lipinski definition) is 3. The molecule has 0 aliphatic heterocycles. The van der Waals surface area contributed by atoms with Crippen LogP contribution in [0.15, 0.2) is 24.4 Å². The summed E-state index contributed by atoms with van der Waals surface area (Å²) in [5.74, 6) is 0. The highest BCUT2D eigenvalue weighted by Crippen LogP contribution is 2.33. The molecule has 0 bridgehead atoms.